The molecule has 0 fully saturated rings. The Morgan fingerprint density at radius 3 is 2.85 bits per heavy atom. The molecule has 0 aliphatic rings. The average Bonchev–Trinajstić information content (AvgIpc) is 2.41. The van der Waals surface area contributed by atoms with Gasteiger partial charge in [0.1, 0.15) is 5.75 Å². The SMILES string of the molecule is C=C(C)CNC(N)=NCc1cccc(OCCC)c1.I. The van der Waals surface area contributed by atoms with E-state index in [4.69, 9.17) is 10.5 Å². The van der Waals surface area contributed by atoms with E-state index < -0.39 is 0 Å². The second-order valence-corrected chi connectivity index (χ2v) is 4.51. The van der Waals surface area contributed by atoms with Gasteiger partial charge in [-0.25, -0.2) is 4.99 Å². The van der Waals surface area contributed by atoms with Crippen molar-refractivity contribution in [2.75, 3.05) is 13.2 Å². The molecule has 0 unspecified atom stereocenters. The lowest BCUT2D eigenvalue weighted by atomic mass is 10.2. The van der Waals surface area contributed by atoms with E-state index >= 15 is 0 Å². The number of hydrogen-bond donors (Lipinski definition) is 2. The molecular weight excluding hydrogens is 365 g/mol. The summed E-state index contributed by atoms with van der Waals surface area (Å²) < 4.78 is 5.57. The lowest BCUT2D eigenvalue weighted by molar-refractivity contribution is 0.317. The van der Waals surface area contributed by atoms with Crippen molar-refractivity contribution in [3.8, 4) is 5.75 Å². The molecule has 5 heteroatoms. The Hall–Kier alpha value is -1.24. The molecule has 0 amide bonds. The average molecular weight is 389 g/mol. The molecule has 20 heavy (non-hydrogen) atoms. The van der Waals surface area contributed by atoms with E-state index in [2.05, 4.69) is 23.8 Å². The molecule has 0 saturated carbocycles. The molecule has 1 rings (SSSR count). The highest BCUT2D eigenvalue weighted by Gasteiger charge is 1.97. The minimum atomic E-state index is 0. The number of hydrogen-bond acceptors (Lipinski definition) is 2. The number of nitrogens with zero attached hydrogens (tertiary/aromatic N) is 1. The van der Waals surface area contributed by atoms with Gasteiger partial charge in [-0.05, 0) is 31.0 Å². The van der Waals surface area contributed by atoms with E-state index in [9.17, 15) is 0 Å². The van der Waals surface area contributed by atoms with Crippen molar-refractivity contribution in [2.45, 2.75) is 26.8 Å². The number of nitrogens with two attached hydrogens (primary N) is 1. The molecule has 0 aliphatic heterocycles. The van der Waals surface area contributed by atoms with Gasteiger partial charge < -0.3 is 15.8 Å². The number of aliphatic imine (C=N–C) groups is 1. The van der Waals surface area contributed by atoms with Crippen LogP contribution in [0.3, 0.4) is 0 Å². The maximum absolute atomic E-state index is 5.75. The van der Waals surface area contributed by atoms with Crippen LogP contribution in [0.2, 0.25) is 0 Å². The second-order valence-electron chi connectivity index (χ2n) is 4.51. The number of guanidine groups is 1. The third-order valence-electron chi connectivity index (χ3n) is 2.37. The predicted octanol–water partition coefficient (Wildman–Crippen LogP) is 3.07. The van der Waals surface area contributed by atoms with Crippen molar-refractivity contribution in [3.05, 3.63) is 42.0 Å². The molecule has 1 aromatic carbocycles. The molecule has 112 valence electrons. The summed E-state index contributed by atoms with van der Waals surface area (Å²) in [5, 5.41) is 3.00. The van der Waals surface area contributed by atoms with Gasteiger partial charge >= 0.3 is 0 Å². The van der Waals surface area contributed by atoms with Gasteiger partial charge in [-0.3, -0.25) is 0 Å². The number of benzene rings is 1. The van der Waals surface area contributed by atoms with E-state index in [0.29, 0.717) is 19.0 Å². The van der Waals surface area contributed by atoms with E-state index in [1.807, 2.05) is 31.2 Å². The zero-order valence-electron chi connectivity index (χ0n) is 12.2. The molecule has 0 heterocycles. The highest BCUT2D eigenvalue weighted by atomic mass is 127. The van der Waals surface area contributed by atoms with Gasteiger partial charge in [0.2, 0.25) is 0 Å². The summed E-state index contributed by atoms with van der Waals surface area (Å²) in [5.41, 5.74) is 7.85. The maximum atomic E-state index is 5.75. The lowest BCUT2D eigenvalue weighted by Gasteiger charge is -2.07. The van der Waals surface area contributed by atoms with Crippen LogP contribution in [0, 0.1) is 0 Å². The number of rotatable bonds is 7. The fourth-order valence-corrected chi connectivity index (χ4v) is 1.43. The van der Waals surface area contributed by atoms with Gasteiger partial charge in [0.25, 0.3) is 0 Å². The molecular formula is C15H24IN3O. The largest absolute Gasteiger partial charge is 0.494 e. The first kappa shape index (κ1) is 18.8. The topological polar surface area (TPSA) is 59.6 Å². The van der Waals surface area contributed by atoms with Gasteiger partial charge in [0, 0.05) is 6.54 Å². The normalized spacial score (nSPS) is 10.6. The molecule has 0 spiro atoms. The van der Waals surface area contributed by atoms with Gasteiger partial charge in [-0.1, -0.05) is 31.2 Å². The van der Waals surface area contributed by atoms with Crippen molar-refractivity contribution in [1.29, 1.82) is 0 Å². The van der Waals surface area contributed by atoms with Gasteiger partial charge in [-0.2, -0.15) is 0 Å². The van der Waals surface area contributed by atoms with Crippen LogP contribution in [0.4, 0.5) is 0 Å². The summed E-state index contributed by atoms with van der Waals surface area (Å²) in [6.07, 6.45) is 1.00. The number of ether oxygens (including phenoxy) is 1. The summed E-state index contributed by atoms with van der Waals surface area (Å²) in [5.74, 6) is 1.31. The monoisotopic (exact) mass is 389 g/mol. The van der Waals surface area contributed by atoms with Crippen molar-refractivity contribution in [2.24, 2.45) is 10.7 Å². The first-order valence-electron chi connectivity index (χ1n) is 6.51. The van der Waals surface area contributed by atoms with Crippen molar-refractivity contribution in [3.63, 3.8) is 0 Å². The van der Waals surface area contributed by atoms with Crippen molar-refractivity contribution in [1.82, 2.24) is 5.32 Å². The first-order chi connectivity index (χ1) is 9.11. The standard InChI is InChI=1S/C15H23N3O.HI/c1-4-8-19-14-7-5-6-13(9-14)11-18-15(16)17-10-12(2)3;/h5-7,9H,2,4,8,10-11H2,1,3H3,(H3,16,17,18);1H. The summed E-state index contributed by atoms with van der Waals surface area (Å²) in [6, 6.07) is 7.92. The molecule has 0 bridgehead atoms. The Morgan fingerprint density at radius 1 is 1.45 bits per heavy atom. The zero-order chi connectivity index (χ0) is 14.1. The van der Waals surface area contributed by atoms with Gasteiger partial charge in [-0.15, -0.1) is 24.0 Å². The third kappa shape index (κ3) is 8.04. The Bertz CT molecular complexity index is 446. The van der Waals surface area contributed by atoms with E-state index in [1.165, 1.54) is 0 Å². The molecule has 0 saturated heterocycles. The van der Waals surface area contributed by atoms with Crippen LogP contribution in [-0.4, -0.2) is 19.1 Å². The Balaban J connectivity index is 0.00000361. The fourth-order valence-electron chi connectivity index (χ4n) is 1.43. The predicted molar refractivity (Wildman–Crippen MR) is 95.8 cm³/mol. The Labute approximate surface area is 138 Å². The van der Waals surface area contributed by atoms with E-state index in [1.54, 1.807) is 0 Å². The lowest BCUT2D eigenvalue weighted by Crippen LogP contribution is -2.32. The van der Waals surface area contributed by atoms with E-state index in [0.717, 1.165) is 29.9 Å². The highest BCUT2D eigenvalue weighted by molar-refractivity contribution is 14.0. The molecule has 3 N–H and O–H groups in total. The van der Waals surface area contributed by atoms with Crippen LogP contribution < -0.4 is 15.8 Å². The maximum Gasteiger partial charge on any atom is 0.189 e. The third-order valence-corrected chi connectivity index (χ3v) is 2.37. The smallest absolute Gasteiger partial charge is 0.189 e. The number of nitrogens with one attached hydrogen (secondary N) is 1. The molecule has 0 atom stereocenters. The van der Waals surface area contributed by atoms with Crippen molar-refractivity contribution < 1.29 is 4.74 Å². The minimum Gasteiger partial charge on any atom is -0.494 e. The zero-order valence-corrected chi connectivity index (χ0v) is 14.5. The van der Waals surface area contributed by atoms with Crippen LogP contribution in [0.15, 0.2) is 41.4 Å². The minimum absolute atomic E-state index is 0. The van der Waals surface area contributed by atoms with Crippen LogP contribution in [-0.2, 0) is 6.54 Å². The molecule has 4 nitrogen and oxygen atoms in total. The quantitative estimate of drug-likeness (QED) is 0.326. The fraction of sp³-hybridized carbons (Fsp3) is 0.400. The number of halogens is 1. The molecule has 1 aromatic rings. The van der Waals surface area contributed by atoms with Gasteiger partial charge in [0.15, 0.2) is 5.96 Å². The first-order valence-corrected chi connectivity index (χ1v) is 6.51. The van der Waals surface area contributed by atoms with Crippen molar-refractivity contribution >= 4 is 29.9 Å². The van der Waals surface area contributed by atoms with Crippen LogP contribution in [0.25, 0.3) is 0 Å². The Kier molecular flexibility index (Phi) is 9.88. The summed E-state index contributed by atoms with van der Waals surface area (Å²) >= 11 is 0. The van der Waals surface area contributed by atoms with E-state index in [-0.39, 0.29) is 24.0 Å². The molecule has 0 aromatic heterocycles. The second kappa shape index (κ2) is 10.5. The highest BCUT2D eigenvalue weighted by Crippen LogP contribution is 2.14. The molecule has 0 radical (unpaired) electrons. The summed E-state index contributed by atoms with van der Waals surface area (Å²) in [7, 11) is 0. The van der Waals surface area contributed by atoms with Gasteiger partial charge in [0.05, 0.1) is 13.2 Å². The van der Waals surface area contributed by atoms with Crippen LogP contribution >= 0.6 is 24.0 Å². The summed E-state index contributed by atoms with van der Waals surface area (Å²) in [4.78, 5) is 4.27. The Morgan fingerprint density at radius 2 is 2.20 bits per heavy atom. The van der Waals surface area contributed by atoms with Crippen LogP contribution in [0.5, 0.6) is 5.75 Å². The summed E-state index contributed by atoms with van der Waals surface area (Å²) in [6.45, 7) is 9.74. The molecule has 0 aliphatic carbocycles. The van der Waals surface area contributed by atoms with Crippen LogP contribution in [0.1, 0.15) is 25.8 Å².